The molecule has 0 bridgehead atoms. The quantitative estimate of drug-likeness (QED) is 0.529. The largest absolute Gasteiger partial charge is 0.357 e. The molecule has 31 heavy (non-hydrogen) atoms. The second-order valence-corrected chi connectivity index (χ2v) is 9.64. The van der Waals surface area contributed by atoms with Crippen molar-refractivity contribution in [3.8, 4) is 0 Å². The number of aliphatic imine (C=N–C) groups is 1. The van der Waals surface area contributed by atoms with Gasteiger partial charge in [-0.05, 0) is 75.7 Å². The van der Waals surface area contributed by atoms with Gasteiger partial charge in [0.1, 0.15) is 5.82 Å². The fourth-order valence-electron chi connectivity index (χ4n) is 4.88. The number of hydrogen-bond donors (Lipinski definition) is 2. The lowest BCUT2D eigenvalue weighted by atomic mass is 9.88. The van der Waals surface area contributed by atoms with Crippen molar-refractivity contribution in [1.82, 2.24) is 20.5 Å². The highest BCUT2D eigenvalue weighted by molar-refractivity contribution is 7.10. The maximum atomic E-state index is 5.05. The molecule has 0 aliphatic carbocycles. The lowest BCUT2D eigenvalue weighted by Crippen LogP contribution is -2.49. The molecule has 2 fully saturated rings. The van der Waals surface area contributed by atoms with Crippen LogP contribution in [0.3, 0.4) is 0 Å². The molecule has 7 heteroatoms. The van der Waals surface area contributed by atoms with E-state index >= 15 is 0 Å². The minimum Gasteiger partial charge on any atom is -0.357 e. The standard InChI is InChI=1S/C24H36N6S/c1-3-25-24(28-20-11-15-30(16-12-20)22-10-4-5-13-26-22)27-18-19-8-6-14-29(2)23(19)21-9-7-17-31-21/h4-5,7,9-10,13,17,19-20,23H,3,6,8,11-12,14-16,18H2,1-2H3,(H2,25,27,28). The molecule has 4 rings (SSSR count). The van der Waals surface area contributed by atoms with Gasteiger partial charge < -0.3 is 15.5 Å². The second kappa shape index (κ2) is 11.0. The van der Waals surface area contributed by atoms with Crippen molar-refractivity contribution in [3.63, 3.8) is 0 Å². The number of nitrogens with zero attached hydrogens (tertiary/aromatic N) is 4. The van der Waals surface area contributed by atoms with Gasteiger partial charge in [-0.1, -0.05) is 12.1 Å². The maximum Gasteiger partial charge on any atom is 0.191 e. The van der Waals surface area contributed by atoms with Gasteiger partial charge in [0.25, 0.3) is 0 Å². The van der Waals surface area contributed by atoms with Gasteiger partial charge in [0.05, 0.1) is 0 Å². The number of anilines is 1. The van der Waals surface area contributed by atoms with E-state index in [1.165, 1.54) is 24.3 Å². The summed E-state index contributed by atoms with van der Waals surface area (Å²) in [5.74, 6) is 2.62. The van der Waals surface area contributed by atoms with Crippen molar-refractivity contribution < 1.29 is 0 Å². The van der Waals surface area contributed by atoms with Gasteiger partial charge >= 0.3 is 0 Å². The first-order valence-electron chi connectivity index (χ1n) is 11.7. The van der Waals surface area contributed by atoms with Crippen LogP contribution < -0.4 is 15.5 Å². The van der Waals surface area contributed by atoms with Crippen LogP contribution in [0.2, 0.25) is 0 Å². The van der Waals surface area contributed by atoms with E-state index in [2.05, 4.69) is 69.0 Å². The van der Waals surface area contributed by atoms with E-state index in [0.717, 1.165) is 50.8 Å². The van der Waals surface area contributed by atoms with E-state index in [0.29, 0.717) is 18.0 Å². The lowest BCUT2D eigenvalue weighted by Gasteiger charge is -2.38. The summed E-state index contributed by atoms with van der Waals surface area (Å²) in [4.78, 5) is 15.9. The van der Waals surface area contributed by atoms with Gasteiger partial charge in [0.15, 0.2) is 5.96 Å². The molecule has 2 aliphatic heterocycles. The molecule has 2 aromatic rings. The summed E-state index contributed by atoms with van der Waals surface area (Å²) >= 11 is 1.88. The van der Waals surface area contributed by atoms with Crippen LogP contribution in [0.1, 0.15) is 43.5 Å². The number of guanidine groups is 1. The van der Waals surface area contributed by atoms with E-state index < -0.39 is 0 Å². The third-order valence-corrected chi connectivity index (χ3v) is 7.42. The zero-order valence-corrected chi connectivity index (χ0v) is 19.7. The summed E-state index contributed by atoms with van der Waals surface area (Å²) in [5.41, 5.74) is 0. The number of piperidine rings is 2. The average molecular weight is 441 g/mol. The van der Waals surface area contributed by atoms with E-state index in [1.807, 2.05) is 23.6 Å². The smallest absolute Gasteiger partial charge is 0.191 e. The zero-order chi connectivity index (χ0) is 21.5. The normalized spacial score (nSPS) is 23.7. The molecule has 0 aromatic carbocycles. The fourth-order valence-corrected chi connectivity index (χ4v) is 5.86. The van der Waals surface area contributed by atoms with Crippen LogP contribution in [0.4, 0.5) is 5.82 Å². The minimum atomic E-state index is 0.458. The topological polar surface area (TPSA) is 55.8 Å². The Balaban J connectivity index is 1.35. The Hall–Kier alpha value is -2.12. The number of thiophene rings is 1. The first-order chi connectivity index (χ1) is 15.2. The molecule has 2 aliphatic rings. The van der Waals surface area contributed by atoms with Crippen LogP contribution in [0, 0.1) is 5.92 Å². The molecule has 2 unspecified atom stereocenters. The van der Waals surface area contributed by atoms with Crippen molar-refractivity contribution >= 4 is 23.1 Å². The number of rotatable bonds is 6. The zero-order valence-electron chi connectivity index (χ0n) is 18.8. The van der Waals surface area contributed by atoms with Crippen molar-refractivity contribution in [3.05, 3.63) is 46.8 Å². The summed E-state index contributed by atoms with van der Waals surface area (Å²) in [7, 11) is 2.26. The van der Waals surface area contributed by atoms with Crippen LogP contribution in [-0.4, -0.2) is 61.7 Å². The highest BCUT2D eigenvalue weighted by atomic mass is 32.1. The van der Waals surface area contributed by atoms with Gasteiger partial charge in [-0.2, -0.15) is 0 Å². The maximum absolute atomic E-state index is 5.05. The molecular weight excluding hydrogens is 404 g/mol. The highest BCUT2D eigenvalue weighted by Gasteiger charge is 2.31. The predicted molar refractivity (Wildman–Crippen MR) is 131 cm³/mol. The van der Waals surface area contributed by atoms with E-state index in [4.69, 9.17) is 4.99 Å². The molecule has 2 atom stereocenters. The molecule has 2 N–H and O–H groups in total. The monoisotopic (exact) mass is 440 g/mol. The van der Waals surface area contributed by atoms with Gasteiger partial charge in [-0.3, -0.25) is 9.89 Å². The predicted octanol–water partition coefficient (Wildman–Crippen LogP) is 3.75. The van der Waals surface area contributed by atoms with Crippen LogP contribution in [0.5, 0.6) is 0 Å². The molecular formula is C24H36N6S. The number of hydrogen-bond acceptors (Lipinski definition) is 5. The van der Waals surface area contributed by atoms with E-state index in [1.54, 1.807) is 0 Å². The SMILES string of the molecule is CCNC(=NCC1CCCN(C)C1c1cccs1)NC1CCN(c2ccccn2)CC1. The van der Waals surface area contributed by atoms with Crippen LogP contribution >= 0.6 is 11.3 Å². The Morgan fingerprint density at radius 3 is 2.74 bits per heavy atom. The van der Waals surface area contributed by atoms with Crippen molar-refractivity contribution in [2.45, 2.75) is 44.7 Å². The Bertz CT molecular complexity index is 801. The molecule has 6 nitrogen and oxygen atoms in total. The van der Waals surface area contributed by atoms with Crippen LogP contribution in [0.15, 0.2) is 46.9 Å². The lowest BCUT2D eigenvalue weighted by molar-refractivity contribution is 0.128. The van der Waals surface area contributed by atoms with Crippen LogP contribution in [-0.2, 0) is 0 Å². The summed E-state index contributed by atoms with van der Waals surface area (Å²) in [5, 5.41) is 9.38. The summed E-state index contributed by atoms with van der Waals surface area (Å²) in [6.45, 7) is 7.14. The van der Waals surface area contributed by atoms with E-state index in [9.17, 15) is 0 Å². The second-order valence-electron chi connectivity index (χ2n) is 8.66. The van der Waals surface area contributed by atoms with Crippen molar-refractivity contribution in [2.75, 3.05) is 44.7 Å². The Kier molecular flexibility index (Phi) is 7.81. The molecule has 2 aromatic heterocycles. The Morgan fingerprint density at radius 2 is 2.03 bits per heavy atom. The molecule has 0 radical (unpaired) electrons. The van der Waals surface area contributed by atoms with Gasteiger partial charge in [-0.15, -0.1) is 11.3 Å². The summed E-state index contributed by atoms with van der Waals surface area (Å²) in [6.07, 6.45) is 6.59. The molecule has 2 saturated heterocycles. The number of pyridine rings is 1. The first-order valence-corrected chi connectivity index (χ1v) is 12.6. The molecule has 0 spiro atoms. The van der Waals surface area contributed by atoms with Gasteiger partial charge in [-0.25, -0.2) is 4.98 Å². The number of aromatic nitrogens is 1. The number of likely N-dealkylation sites (tertiary alicyclic amines) is 1. The third kappa shape index (κ3) is 5.77. The third-order valence-electron chi connectivity index (χ3n) is 6.48. The molecule has 168 valence electrons. The minimum absolute atomic E-state index is 0.458. The Morgan fingerprint density at radius 1 is 1.16 bits per heavy atom. The Labute approximate surface area is 190 Å². The van der Waals surface area contributed by atoms with Crippen molar-refractivity contribution in [2.24, 2.45) is 10.9 Å². The summed E-state index contributed by atoms with van der Waals surface area (Å²) < 4.78 is 0. The van der Waals surface area contributed by atoms with Gasteiger partial charge in [0, 0.05) is 49.3 Å². The fraction of sp³-hybridized carbons (Fsp3) is 0.583. The average Bonchev–Trinajstić information content (AvgIpc) is 3.33. The molecule has 0 saturated carbocycles. The molecule has 0 amide bonds. The first kappa shape index (κ1) is 22.1. The van der Waals surface area contributed by atoms with Crippen LogP contribution in [0.25, 0.3) is 0 Å². The highest BCUT2D eigenvalue weighted by Crippen LogP contribution is 2.37. The van der Waals surface area contributed by atoms with E-state index in [-0.39, 0.29) is 0 Å². The van der Waals surface area contributed by atoms with Crippen molar-refractivity contribution in [1.29, 1.82) is 0 Å². The van der Waals surface area contributed by atoms with Gasteiger partial charge in [0.2, 0.25) is 0 Å². The number of nitrogens with one attached hydrogen (secondary N) is 2. The summed E-state index contributed by atoms with van der Waals surface area (Å²) in [6, 6.07) is 11.5. The molecule has 4 heterocycles.